The monoisotopic (exact) mass is 300 g/mol. The SMILES string of the molecule is Cc1cccc(Nc2nc(Cl)c(Cl)cc2Cl)c1C. The van der Waals surface area contributed by atoms with Crippen molar-refractivity contribution in [2.24, 2.45) is 0 Å². The zero-order valence-corrected chi connectivity index (χ0v) is 12.2. The summed E-state index contributed by atoms with van der Waals surface area (Å²) in [6.07, 6.45) is 0. The van der Waals surface area contributed by atoms with Crippen molar-refractivity contribution < 1.29 is 0 Å². The Morgan fingerprint density at radius 2 is 1.78 bits per heavy atom. The van der Waals surface area contributed by atoms with Crippen molar-refractivity contribution in [2.75, 3.05) is 5.32 Å². The summed E-state index contributed by atoms with van der Waals surface area (Å²) in [5.74, 6) is 0.500. The molecular formula is C13H11Cl3N2. The fourth-order valence-corrected chi connectivity index (χ4v) is 2.09. The maximum absolute atomic E-state index is 6.08. The number of hydrogen-bond acceptors (Lipinski definition) is 2. The quantitative estimate of drug-likeness (QED) is 0.751. The van der Waals surface area contributed by atoms with Gasteiger partial charge >= 0.3 is 0 Å². The van der Waals surface area contributed by atoms with E-state index in [0.29, 0.717) is 15.9 Å². The average molecular weight is 302 g/mol. The molecule has 94 valence electrons. The summed E-state index contributed by atoms with van der Waals surface area (Å²) in [6, 6.07) is 7.55. The Morgan fingerprint density at radius 1 is 1.06 bits per heavy atom. The third-order valence-corrected chi connectivity index (χ3v) is 3.71. The largest absolute Gasteiger partial charge is 0.339 e. The van der Waals surface area contributed by atoms with Crippen LogP contribution in [0.1, 0.15) is 11.1 Å². The molecule has 0 aliphatic carbocycles. The van der Waals surface area contributed by atoms with Crippen LogP contribution in [0.2, 0.25) is 15.2 Å². The lowest BCUT2D eigenvalue weighted by Gasteiger charge is -2.12. The number of hydrogen-bond donors (Lipinski definition) is 1. The van der Waals surface area contributed by atoms with Gasteiger partial charge in [-0.05, 0) is 37.1 Å². The number of nitrogens with zero attached hydrogens (tertiary/aromatic N) is 1. The molecule has 0 amide bonds. The van der Waals surface area contributed by atoms with Crippen molar-refractivity contribution in [1.29, 1.82) is 0 Å². The van der Waals surface area contributed by atoms with Crippen molar-refractivity contribution >= 4 is 46.3 Å². The number of aromatic nitrogens is 1. The fraction of sp³-hybridized carbons (Fsp3) is 0.154. The van der Waals surface area contributed by atoms with Gasteiger partial charge < -0.3 is 5.32 Å². The van der Waals surface area contributed by atoms with Gasteiger partial charge in [0.25, 0.3) is 0 Å². The first-order valence-corrected chi connectivity index (χ1v) is 6.47. The second kappa shape index (κ2) is 5.35. The molecule has 2 rings (SSSR count). The van der Waals surface area contributed by atoms with Gasteiger partial charge in [0.15, 0.2) is 5.82 Å². The van der Waals surface area contributed by atoms with Crippen LogP contribution in [0.25, 0.3) is 0 Å². The zero-order chi connectivity index (χ0) is 13.3. The molecule has 18 heavy (non-hydrogen) atoms. The molecule has 0 bridgehead atoms. The predicted molar refractivity (Wildman–Crippen MR) is 78.5 cm³/mol. The van der Waals surface area contributed by atoms with Crippen LogP contribution in [0.5, 0.6) is 0 Å². The highest BCUT2D eigenvalue weighted by molar-refractivity contribution is 6.43. The van der Waals surface area contributed by atoms with Crippen LogP contribution < -0.4 is 5.32 Å². The summed E-state index contributed by atoms with van der Waals surface area (Å²) in [7, 11) is 0. The lowest BCUT2D eigenvalue weighted by Crippen LogP contribution is -1.98. The zero-order valence-electron chi connectivity index (χ0n) is 9.89. The highest BCUT2D eigenvalue weighted by Gasteiger charge is 2.09. The van der Waals surface area contributed by atoms with Crippen LogP contribution >= 0.6 is 34.8 Å². The molecule has 1 heterocycles. The summed E-state index contributed by atoms with van der Waals surface area (Å²) >= 11 is 17.8. The Kier molecular flexibility index (Phi) is 4.00. The van der Waals surface area contributed by atoms with Gasteiger partial charge in [0.05, 0.1) is 10.0 Å². The Bertz CT molecular complexity index is 597. The number of rotatable bonds is 2. The lowest BCUT2D eigenvalue weighted by molar-refractivity contribution is 1.28. The summed E-state index contributed by atoms with van der Waals surface area (Å²) in [5, 5.41) is 4.17. The van der Waals surface area contributed by atoms with Gasteiger partial charge in [-0.2, -0.15) is 0 Å². The molecule has 0 saturated carbocycles. The number of nitrogens with one attached hydrogen (secondary N) is 1. The Morgan fingerprint density at radius 3 is 2.50 bits per heavy atom. The maximum Gasteiger partial charge on any atom is 0.151 e. The number of pyridine rings is 1. The van der Waals surface area contributed by atoms with E-state index in [1.165, 1.54) is 5.56 Å². The van der Waals surface area contributed by atoms with E-state index in [2.05, 4.69) is 10.3 Å². The summed E-state index contributed by atoms with van der Waals surface area (Å²) in [5.41, 5.74) is 3.28. The van der Waals surface area contributed by atoms with E-state index in [9.17, 15) is 0 Å². The van der Waals surface area contributed by atoms with Gasteiger partial charge in [0.2, 0.25) is 0 Å². The van der Waals surface area contributed by atoms with Crippen LogP contribution in [-0.4, -0.2) is 4.98 Å². The van der Waals surface area contributed by atoms with E-state index >= 15 is 0 Å². The molecule has 0 radical (unpaired) electrons. The van der Waals surface area contributed by atoms with Crippen LogP contribution in [0.4, 0.5) is 11.5 Å². The van der Waals surface area contributed by atoms with Gasteiger partial charge in [0.1, 0.15) is 5.15 Å². The van der Waals surface area contributed by atoms with E-state index in [1.54, 1.807) is 6.07 Å². The molecule has 1 N–H and O–H groups in total. The molecule has 2 aromatic rings. The van der Waals surface area contributed by atoms with Gasteiger partial charge in [-0.3, -0.25) is 0 Å². The predicted octanol–water partition coefficient (Wildman–Crippen LogP) is 5.40. The van der Waals surface area contributed by atoms with E-state index < -0.39 is 0 Å². The minimum absolute atomic E-state index is 0.230. The first-order valence-electron chi connectivity index (χ1n) is 5.34. The highest BCUT2D eigenvalue weighted by Crippen LogP contribution is 2.31. The smallest absolute Gasteiger partial charge is 0.151 e. The van der Waals surface area contributed by atoms with Crippen LogP contribution in [0.15, 0.2) is 24.3 Å². The van der Waals surface area contributed by atoms with Gasteiger partial charge in [-0.15, -0.1) is 0 Å². The van der Waals surface area contributed by atoms with E-state index in [4.69, 9.17) is 34.8 Å². The third-order valence-electron chi connectivity index (χ3n) is 2.74. The average Bonchev–Trinajstić information content (AvgIpc) is 2.32. The minimum atomic E-state index is 0.230. The van der Waals surface area contributed by atoms with Crippen molar-refractivity contribution in [3.8, 4) is 0 Å². The normalized spacial score (nSPS) is 10.5. The van der Waals surface area contributed by atoms with Crippen molar-refractivity contribution in [3.05, 3.63) is 50.6 Å². The molecule has 0 fully saturated rings. The fourth-order valence-electron chi connectivity index (χ4n) is 1.55. The molecule has 0 aliphatic heterocycles. The summed E-state index contributed by atoms with van der Waals surface area (Å²) in [6.45, 7) is 4.08. The first kappa shape index (κ1) is 13.5. The molecular weight excluding hydrogens is 291 g/mol. The standard InChI is InChI=1S/C13H11Cl3N2/c1-7-4-3-5-11(8(7)2)17-13-10(15)6-9(14)12(16)18-13/h3-6H,1-2H3,(H,17,18). The Hall–Kier alpha value is -0.960. The van der Waals surface area contributed by atoms with Gasteiger partial charge in [0, 0.05) is 5.69 Å². The molecule has 0 unspecified atom stereocenters. The maximum atomic E-state index is 6.08. The van der Waals surface area contributed by atoms with Gasteiger partial charge in [-0.25, -0.2) is 4.98 Å². The van der Waals surface area contributed by atoms with Crippen LogP contribution in [0, 0.1) is 13.8 Å². The molecule has 0 atom stereocenters. The minimum Gasteiger partial charge on any atom is -0.339 e. The Balaban J connectivity index is 2.40. The van der Waals surface area contributed by atoms with E-state index in [0.717, 1.165) is 11.3 Å². The van der Waals surface area contributed by atoms with Crippen LogP contribution in [-0.2, 0) is 0 Å². The second-order valence-electron chi connectivity index (χ2n) is 3.96. The molecule has 0 saturated heterocycles. The Labute approximate surface area is 121 Å². The molecule has 2 nitrogen and oxygen atoms in total. The van der Waals surface area contributed by atoms with Crippen LogP contribution in [0.3, 0.4) is 0 Å². The first-order chi connectivity index (χ1) is 8.49. The molecule has 5 heteroatoms. The van der Waals surface area contributed by atoms with E-state index in [1.807, 2.05) is 32.0 Å². The van der Waals surface area contributed by atoms with Crippen molar-refractivity contribution in [3.63, 3.8) is 0 Å². The number of halogens is 3. The topological polar surface area (TPSA) is 24.9 Å². The number of anilines is 2. The van der Waals surface area contributed by atoms with Gasteiger partial charge in [-0.1, -0.05) is 46.9 Å². The second-order valence-corrected chi connectivity index (χ2v) is 5.14. The molecule has 0 aliphatic rings. The van der Waals surface area contributed by atoms with Crippen molar-refractivity contribution in [1.82, 2.24) is 4.98 Å². The van der Waals surface area contributed by atoms with E-state index in [-0.39, 0.29) is 5.15 Å². The molecule has 1 aromatic carbocycles. The van der Waals surface area contributed by atoms with Crippen molar-refractivity contribution in [2.45, 2.75) is 13.8 Å². The lowest BCUT2D eigenvalue weighted by atomic mass is 10.1. The number of benzene rings is 1. The summed E-state index contributed by atoms with van der Waals surface area (Å²) < 4.78 is 0. The third kappa shape index (κ3) is 2.72. The molecule has 1 aromatic heterocycles. The number of aryl methyl sites for hydroxylation is 1. The highest BCUT2D eigenvalue weighted by atomic mass is 35.5. The summed E-state index contributed by atoms with van der Waals surface area (Å²) in [4.78, 5) is 4.13. The molecule has 0 spiro atoms.